The van der Waals surface area contributed by atoms with E-state index < -0.39 is 18.0 Å². The highest BCUT2D eigenvalue weighted by molar-refractivity contribution is 7.14. The molecule has 1 aliphatic rings. The van der Waals surface area contributed by atoms with Crippen molar-refractivity contribution < 1.29 is 19.1 Å². The summed E-state index contributed by atoms with van der Waals surface area (Å²) in [7, 11) is 0. The summed E-state index contributed by atoms with van der Waals surface area (Å²) in [5.41, 5.74) is 2.26. The maximum atomic E-state index is 12.8. The fourth-order valence-corrected chi connectivity index (χ4v) is 3.89. The zero-order valence-corrected chi connectivity index (χ0v) is 15.7. The first-order valence-corrected chi connectivity index (χ1v) is 9.23. The molecule has 0 aliphatic carbocycles. The van der Waals surface area contributed by atoms with E-state index >= 15 is 0 Å². The molecule has 0 saturated heterocycles. The summed E-state index contributed by atoms with van der Waals surface area (Å²) in [6.07, 6.45) is -0.155. The Bertz CT molecular complexity index is 874. The Kier molecular flexibility index (Phi) is 5.08. The SMILES string of the molecule is CCc1cc(C(=O)OC(C)C(=O)N2CC(=O)Nc3ccccc32)sc1C. The van der Waals surface area contributed by atoms with Crippen molar-refractivity contribution in [2.75, 3.05) is 16.8 Å². The van der Waals surface area contributed by atoms with Crippen LogP contribution in [0.25, 0.3) is 0 Å². The number of nitrogens with zero attached hydrogens (tertiary/aromatic N) is 1. The van der Waals surface area contributed by atoms with Crippen molar-refractivity contribution in [2.24, 2.45) is 0 Å². The zero-order chi connectivity index (χ0) is 18.8. The van der Waals surface area contributed by atoms with Gasteiger partial charge in [0.15, 0.2) is 6.10 Å². The summed E-state index contributed by atoms with van der Waals surface area (Å²) in [4.78, 5) is 39.9. The number of nitrogens with one attached hydrogen (secondary N) is 1. The van der Waals surface area contributed by atoms with E-state index in [0.29, 0.717) is 16.3 Å². The van der Waals surface area contributed by atoms with Crippen LogP contribution >= 0.6 is 11.3 Å². The van der Waals surface area contributed by atoms with Gasteiger partial charge in [0.25, 0.3) is 5.91 Å². The van der Waals surface area contributed by atoms with E-state index in [0.717, 1.165) is 16.9 Å². The number of rotatable bonds is 4. The zero-order valence-electron chi connectivity index (χ0n) is 14.9. The number of aryl methyl sites for hydroxylation is 2. The summed E-state index contributed by atoms with van der Waals surface area (Å²) in [6, 6.07) is 8.85. The molecular weight excluding hydrogens is 352 g/mol. The number of thiophene rings is 1. The molecule has 1 unspecified atom stereocenters. The molecule has 0 fully saturated rings. The Balaban J connectivity index is 1.75. The number of amides is 2. The lowest BCUT2D eigenvalue weighted by molar-refractivity contribution is -0.128. The Labute approximate surface area is 155 Å². The summed E-state index contributed by atoms with van der Waals surface area (Å²) < 4.78 is 5.36. The molecule has 0 saturated carbocycles. The smallest absolute Gasteiger partial charge is 0.349 e. The molecule has 136 valence electrons. The van der Waals surface area contributed by atoms with E-state index in [9.17, 15) is 14.4 Å². The Morgan fingerprint density at radius 1 is 1.35 bits per heavy atom. The number of fused-ring (bicyclic) bond motifs is 1. The van der Waals surface area contributed by atoms with Crippen molar-refractivity contribution >= 4 is 40.5 Å². The topological polar surface area (TPSA) is 75.7 Å². The van der Waals surface area contributed by atoms with Gasteiger partial charge >= 0.3 is 5.97 Å². The van der Waals surface area contributed by atoms with Crippen molar-refractivity contribution in [3.63, 3.8) is 0 Å². The van der Waals surface area contributed by atoms with Crippen LogP contribution in [-0.4, -0.2) is 30.4 Å². The predicted octanol–water partition coefficient (Wildman–Crippen LogP) is 3.15. The van der Waals surface area contributed by atoms with Crippen molar-refractivity contribution in [3.8, 4) is 0 Å². The average molecular weight is 372 g/mol. The number of carbonyl (C=O) groups is 3. The summed E-state index contributed by atoms with van der Waals surface area (Å²) >= 11 is 1.36. The monoisotopic (exact) mass is 372 g/mol. The first-order valence-electron chi connectivity index (χ1n) is 8.41. The lowest BCUT2D eigenvalue weighted by Crippen LogP contribution is -2.47. The number of hydrogen-bond acceptors (Lipinski definition) is 5. The number of carbonyl (C=O) groups excluding carboxylic acids is 3. The Morgan fingerprint density at radius 2 is 2.08 bits per heavy atom. The first-order chi connectivity index (χ1) is 12.4. The third-order valence-corrected chi connectivity index (χ3v) is 5.34. The molecule has 0 spiro atoms. The second kappa shape index (κ2) is 7.29. The molecule has 2 aromatic rings. The van der Waals surface area contributed by atoms with Crippen LogP contribution in [0.5, 0.6) is 0 Å². The van der Waals surface area contributed by atoms with Crippen molar-refractivity contribution in [1.82, 2.24) is 0 Å². The molecule has 7 heteroatoms. The number of benzene rings is 1. The predicted molar refractivity (Wildman–Crippen MR) is 101 cm³/mol. The largest absolute Gasteiger partial charge is 0.448 e. The van der Waals surface area contributed by atoms with Crippen LogP contribution in [-0.2, 0) is 20.7 Å². The number of hydrogen-bond donors (Lipinski definition) is 1. The molecule has 1 aliphatic heterocycles. The summed E-state index contributed by atoms with van der Waals surface area (Å²) in [5.74, 6) is -1.23. The third kappa shape index (κ3) is 3.48. The van der Waals surface area contributed by atoms with Gasteiger partial charge in [-0.1, -0.05) is 19.1 Å². The second-order valence-electron chi connectivity index (χ2n) is 6.08. The average Bonchev–Trinajstić information content (AvgIpc) is 3.01. The van der Waals surface area contributed by atoms with E-state index in [-0.39, 0.29) is 12.5 Å². The van der Waals surface area contributed by atoms with Gasteiger partial charge < -0.3 is 10.1 Å². The number of para-hydroxylation sites is 2. The second-order valence-corrected chi connectivity index (χ2v) is 7.34. The normalized spacial score (nSPS) is 14.4. The Hall–Kier alpha value is -2.67. The molecule has 1 aromatic carbocycles. The van der Waals surface area contributed by atoms with Gasteiger partial charge in [0.1, 0.15) is 11.4 Å². The fourth-order valence-electron chi connectivity index (χ4n) is 2.89. The highest BCUT2D eigenvalue weighted by Crippen LogP contribution is 2.30. The maximum Gasteiger partial charge on any atom is 0.349 e. The van der Waals surface area contributed by atoms with E-state index in [2.05, 4.69) is 5.32 Å². The van der Waals surface area contributed by atoms with Crippen LogP contribution in [0.1, 0.15) is 34.0 Å². The van der Waals surface area contributed by atoms with Gasteiger partial charge in [-0.2, -0.15) is 0 Å². The van der Waals surface area contributed by atoms with E-state index in [4.69, 9.17) is 4.74 Å². The van der Waals surface area contributed by atoms with Crippen LogP contribution in [0.3, 0.4) is 0 Å². The van der Waals surface area contributed by atoms with Crippen molar-refractivity contribution in [2.45, 2.75) is 33.3 Å². The molecule has 3 rings (SSSR count). The quantitative estimate of drug-likeness (QED) is 0.837. The molecule has 0 bridgehead atoms. The molecule has 1 atom stereocenters. The van der Waals surface area contributed by atoms with Crippen LogP contribution in [0, 0.1) is 6.92 Å². The van der Waals surface area contributed by atoms with E-state index in [1.54, 1.807) is 24.3 Å². The molecule has 6 nitrogen and oxygen atoms in total. The minimum absolute atomic E-state index is 0.101. The van der Waals surface area contributed by atoms with Gasteiger partial charge in [-0.15, -0.1) is 11.3 Å². The highest BCUT2D eigenvalue weighted by Gasteiger charge is 2.31. The standard InChI is InChI=1S/C19H20N2O4S/c1-4-13-9-16(26-12(13)3)19(24)25-11(2)18(23)21-10-17(22)20-14-7-5-6-8-15(14)21/h5-9,11H,4,10H2,1-3H3,(H,20,22). The first kappa shape index (κ1) is 18.1. The molecular formula is C19H20N2O4S. The van der Waals surface area contributed by atoms with Crippen LogP contribution in [0.2, 0.25) is 0 Å². The molecule has 26 heavy (non-hydrogen) atoms. The minimum Gasteiger partial charge on any atom is -0.448 e. The number of anilines is 2. The van der Waals surface area contributed by atoms with Gasteiger partial charge in [0, 0.05) is 4.88 Å². The molecule has 1 N–H and O–H groups in total. The fraction of sp³-hybridized carbons (Fsp3) is 0.316. The van der Waals surface area contributed by atoms with Crippen LogP contribution < -0.4 is 10.2 Å². The van der Waals surface area contributed by atoms with Gasteiger partial charge in [-0.3, -0.25) is 14.5 Å². The van der Waals surface area contributed by atoms with Crippen molar-refractivity contribution in [1.29, 1.82) is 0 Å². The van der Waals surface area contributed by atoms with Crippen LogP contribution in [0.4, 0.5) is 11.4 Å². The van der Waals surface area contributed by atoms with Gasteiger partial charge in [-0.05, 0) is 44.0 Å². The van der Waals surface area contributed by atoms with E-state index in [1.165, 1.54) is 23.2 Å². The highest BCUT2D eigenvalue weighted by atomic mass is 32.1. The lowest BCUT2D eigenvalue weighted by Gasteiger charge is -2.30. The number of esters is 1. The molecule has 0 radical (unpaired) electrons. The summed E-state index contributed by atoms with van der Waals surface area (Å²) in [6.45, 7) is 5.40. The molecule has 2 amide bonds. The van der Waals surface area contributed by atoms with Gasteiger partial charge in [0.2, 0.25) is 5.91 Å². The number of ether oxygens (including phenoxy) is 1. The van der Waals surface area contributed by atoms with Gasteiger partial charge in [-0.25, -0.2) is 4.79 Å². The minimum atomic E-state index is -0.992. The van der Waals surface area contributed by atoms with Crippen molar-refractivity contribution in [3.05, 3.63) is 45.6 Å². The maximum absolute atomic E-state index is 12.8. The lowest BCUT2D eigenvalue weighted by atomic mass is 10.1. The van der Waals surface area contributed by atoms with Gasteiger partial charge in [0.05, 0.1) is 11.4 Å². The Morgan fingerprint density at radius 3 is 2.77 bits per heavy atom. The molecule has 1 aromatic heterocycles. The summed E-state index contributed by atoms with van der Waals surface area (Å²) in [5, 5.41) is 2.73. The van der Waals surface area contributed by atoms with Crippen LogP contribution in [0.15, 0.2) is 30.3 Å². The molecule has 2 heterocycles. The van der Waals surface area contributed by atoms with E-state index in [1.807, 2.05) is 19.9 Å². The third-order valence-electron chi connectivity index (χ3n) is 4.27.